The summed E-state index contributed by atoms with van der Waals surface area (Å²) in [7, 11) is -5.79. The second-order valence-electron chi connectivity index (χ2n) is 6.79. The Bertz CT molecular complexity index is 1030. The minimum atomic E-state index is -5.79. The lowest BCUT2D eigenvalue weighted by Gasteiger charge is -2.27. The zero-order valence-electron chi connectivity index (χ0n) is 16.9. The fraction of sp³-hybridized carbons (Fsp3) is 0.300. The van der Waals surface area contributed by atoms with Gasteiger partial charge in [-0.15, -0.1) is 0 Å². The first kappa shape index (κ1) is 24.2. The first-order chi connectivity index (χ1) is 14.4. The average Bonchev–Trinajstić information content (AvgIpc) is 2.69. The molecule has 0 spiro atoms. The number of hydrogen-bond donors (Lipinski definition) is 1. The summed E-state index contributed by atoms with van der Waals surface area (Å²) in [5.74, 6) is -0.517. The number of alkyl halides is 3. The summed E-state index contributed by atoms with van der Waals surface area (Å²) in [4.78, 5) is 11.7. The minimum Gasteiger partial charge on any atom is -0.449 e. The molecular formula is C20H21F3N2O5S. The summed E-state index contributed by atoms with van der Waals surface area (Å²) in [6.45, 7) is 5.45. The second kappa shape index (κ2) is 9.38. The van der Waals surface area contributed by atoms with Gasteiger partial charge in [-0.3, -0.25) is 0 Å². The van der Waals surface area contributed by atoms with Crippen molar-refractivity contribution in [2.24, 2.45) is 5.10 Å². The molecule has 1 N–H and O–H groups in total. The van der Waals surface area contributed by atoms with E-state index in [0.29, 0.717) is 11.3 Å². The van der Waals surface area contributed by atoms with Gasteiger partial charge in [0.2, 0.25) is 0 Å². The molecule has 0 aliphatic rings. The highest BCUT2D eigenvalue weighted by Crippen LogP contribution is 2.30. The Balaban J connectivity index is 2.43. The van der Waals surface area contributed by atoms with Crippen LogP contribution >= 0.6 is 0 Å². The van der Waals surface area contributed by atoms with Gasteiger partial charge in [-0.1, -0.05) is 44.2 Å². The van der Waals surface area contributed by atoms with Crippen LogP contribution in [0.4, 0.5) is 18.0 Å². The largest absolute Gasteiger partial charge is 0.534 e. The molecule has 0 heterocycles. The molecule has 0 aliphatic carbocycles. The predicted octanol–water partition coefficient (Wildman–Crippen LogP) is 4.34. The topological polar surface area (TPSA) is 94.1 Å². The van der Waals surface area contributed by atoms with Crippen molar-refractivity contribution in [3.05, 3.63) is 65.7 Å². The van der Waals surface area contributed by atoms with Crippen LogP contribution in [0.3, 0.4) is 0 Å². The van der Waals surface area contributed by atoms with Crippen LogP contribution in [0.5, 0.6) is 5.75 Å². The fourth-order valence-corrected chi connectivity index (χ4v) is 3.12. The highest BCUT2D eigenvalue weighted by Gasteiger charge is 2.48. The number of nitrogens with zero attached hydrogens (tertiary/aromatic N) is 1. The lowest BCUT2D eigenvalue weighted by atomic mass is 9.77. The molecule has 7 nitrogen and oxygen atoms in total. The molecule has 0 radical (unpaired) electrons. The SMILES string of the molecule is CCOC(=O)NN=C(c1ccc(OS(=O)(=O)C(F)(F)F)cc1)C(C)(C)c1ccccc1. The predicted molar refractivity (Wildman–Crippen MR) is 108 cm³/mol. The molecule has 1 amide bonds. The van der Waals surface area contributed by atoms with Crippen molar-refractivity contribution in [1.82, 2.24) is 5.43 Å². The van der Waals surface area contributed by atoms with E-state index in [2.05, 4.69) is 14.7 Å². The smallest absolute Gasteiger partial charge is 0.449 e. The average molecular weight is 458 g/mol. The molecule has 0 saturated carbocycles. The molecule has 168 valence electrons. The molecule has 2 rings (SSSR count). The van der Waals surface area contributed by atoms with Crippen molar-refractivity contribution in [2.75, 3.05) is 6.61 Å². The van der Waals surface area contributed by atoms with E-state index in [1.54, 1.807) is 6.92 Å². The van der Waals surface area contributed by atoms with Gasteiger partial charge in [0.25, 0.3) is 0 Å². The van der Waals surface area contributed by atoms with Crippen LogP contribution in [0.25, 0.3) is 0 Å². The lowest BCUT2D eigenvalue weighted by molar-refractivity contribution is -0.0500. The summed E-state index contributed by atoms with van der Waals surface area (Å²) in [6.07, 6.45) is -0.778. The number of carbonyl (C=O) groups excluding carboxylic acids is 1. The van der Waals surface area contributed by atoms with E-state index in [1.165, 1.54) is 12.1 Å². The number of hydrazone groups is 1. The molecule has 0 unspecified atom stereocenters. The van der Waals surface area contributed by atoms with Gasteiger partial charge >= 0.3 is 21.7 Å². The third-order valence-corrected chi connectivity index (χ3v) is 5.22. The molecule has 0 bridgehead atoms. The minimum absolute atomic E-state index is 0.137. The van der Waals surface area contributed by atoms with Crippen LogP contribution in [0.1, 0.15) is 31.9 Å². The van der Waals surface area contributed by atoms with Gasteiger partial charge in [-0.05, 0) is 42.3 Å². The molecule has 0 saturated heterocycles. The van der Waals surface area contributed by atoms with E-state index in [1.807, 2.05) is 44.2 Å². The molecule has 11 heteroatoms. The van der Waals surface area contributed by atoms with Gasteiger partial charge in [0.05, 0.1) is 12.3 Å². The molecule has 0 atom stereocenters. The lowest BCUT2D eigenvalue weighted by Crippen LogP contribution is -2.33. The second-order valence-corrected chi connectivity index (χ2v) is 8.33. The third kappa shape index (κ3) is 5.97. The molecule has 0 fully saturated rings. The van der Waals surface area contributed by atoms with Crippen LogP contribution in [-0.4, -0.2) is 32.3 Å². The number of benzene rings is 2. The van der Waals surface area contributed by atoms with Gasteiger partial charge in [-0.25, -0.2) is 10.2 Å². The summed E-state index contributed by atoms with van der Waals surface area (Å²) in [5.41, 5.74) is -2.39. The highest BCUT2D eigenvalue weighted by molar-refractivity contribution is 7.88. The number of rotatable bonds is 7. The molecule has 0 aliphatic heterocycles. The fourth-order valence-electron chi connectivity index (χ4n) is 2.66. The Kier molecular flexibility index (Phi) is 7.32. The highest BCUT2D eigenvalue weighted by atomic mass is 32.2. The number of hydrogen-bond acceptors (Lipinski definition) is 6. The molecule has 0 aromatic heterocycles. The van der Waals surface area contributed by atoms with Crippen LogP contribution < -0.4 is 9.61 Å². The summed E-state index contributed by atoms with van der Waals surface area (Å²) in [5, 5.41) is 4.16. The Hall–Kier alpha value is -3.08. The van der Waals surface area contributed by atoms with E-state index < -0.39 is 32.9 Å². The number of halogens is 3. The maximum Gasteiger partial charge on any atom is 0.534 e. The summed E-state index contributed by atoms with van der Waals surface area (Å²) >= 11 is 0. The zero-order chi connectivity index (χ0) is 23.3. The summed E-state index contributed by atoms with van der Waals surface area (Å²) < 4.78 is 68.9. The van der Waals surface area contributed by atoms with Crippen molar-refractivity contribution in [2.45, 2.75) is 31.7 Å². The Morgan fingerprint density at radius 1 is 1.03 bits per heavy atom. The van der Waals surface area contributed by atoms with Gasteiger partial charge < -0.3 is 8.92 Å². The van der Waals surface area contributed by atoms with Gasteiger partial charge in [0, 0.05) is 5.41 Å². The van der Waals surface area contributed by atoms with Gasteiger partial charge in [0.15, 0.2) is 0 Å². The molecular weight excluding hydrogens is 437 g/mol. The van der Waals surface area contributed by atoms with Crippen molar-refractivity contribution < 1.29 is 35.3 Å². The normalized spacial score (nSPS) is 12.9. The Morgan fingerprint density at radius 3 is 2.13 bits per heavy atom. The van der Waals surface area contributed by atoms with Crippen LogP contribution in [0.2, 0.25) is 0 Å². The van der Waals surface area contributed by atoms with Crippen molar-refractivity contribution in [1.29, 1.82) is 0 Å². The number of ether oxygens (including phenoxy) is 1. The van der Waals surface area contributed by atoms with E-state index >= 15 is 0 Å². The Labute approximate surface area is 178 Å². The molecule has 31 heavy (non-hydrogen) atoms. The number of amides is 1. The van der Waals surface area contributed by atoms with Crippen LogP contribution in [-0.2, 0) is 20.3 Å². The zero-order valence-corrected chi connectivity index (χ0v) is 17.8. The maximum atomic E-state index is 12.5. The molecule has 2 aromatic rings. The Morgan fingerprint density at radius 2 is 1.61 bits per heavy atom. The molecule has 2 aromatic carbocycles. The van der Waals surface area contributed by atoms with Crippen molar-refractivity contribution in [3.63, 3.8) is 0 Å². The van der Waals surface area contributed by atoms with E-state index in [0.717, 1.165) is 17.7 Å². The van der Waals surface area contributed by atoms with Crippen LogP contribution in [0.15, 0.2) is 59.7 Å². The standard InChI is InChI=1S/C20H21F3N2O5S/c1-4-29-18(26)25-24-17(19(2,3)15-8-6-5-7-9-15)14-10-12-16(13-11-14)30-31(27,28)20(21,22)23/h5-13H,4H2,1-3H3,(H,25,26). The van der Waals surface area contributed by atoms with E-state index in [9.17, 15) is 26.4 Å². The third-order valence-electron chi connectivity index (χ3n) is 4.24. The van der Waals surface area contributed by atoms with Crippen molar-refractivity contribution in [3.8, 4) is 5.75 Å². The quantitative estimate of drug-likeness (QED) is 0.288. The monoisotopic (exact) mass is 458 g/mol. The van der Waals surface area contributed by atoms with E-state index in [-0.39, 0.29) is 6.61 Å². The van der Waals surface area contributed by atoms with Crippen molar-refractivity contribution >= 4 is 21.9 Å². The van der Waals surface area contributed by atoms with Crippen LogP contribution in [0, 0.1) is 0 Å². The van der Waals surface area contributed by atoms with E-state index in [4.69, 9.17) is 4.74 Å². The first-order valence-corrected chi connectivity index (χ1v) is 10.5. The number of carbonyl (C=O) groups is 1. The summed E-state index contributed by atoms with van der Waals surface area (Å²) in [6, 6.07) is 14.0. The number of nitrogens with one attached hydrogen (secondary N) is 1. The maximum absolute atomic E-state index is 12.5. The van der Waals surface area contributed by atoms with Gasteiger partial charge in [0.1, 0.15) is 5.75 Å². The van der Waals surface area contributed by atoms with Gasteiger partial charge in [-0.2, -0.15) is 26.7 Å². The first-order valence-electron chi connectivity index (χ1n) is 9.06.